The van der Waals surface area contributed by atoms with Crippen molar-refractivity contribution in [2.24, 2.45) is 7.05 Å². The molecule has 0 spiro atoms. The molecule has 0 unspecified atom stereocenters. The van der Waals surface area contributed by atoms with Crippen molar-refractivity contribution in [1.29, 1.82) is 0 Å². The van der Waals surface area contributed by atoms with Crippen molar-refractivity contribution >= 4 is 55.9 Å². The average Bonchev–Trinajstić information content (AvgIpc) is 3.79. The minimum Gasteiger partial charge on any atom is -0.451 e. The zero-order chi connectivity index (χ0) is 34.6. The molecular weight excluding hydrogens is 641 g/mol. The van der Waals surface area contributed by atoms with Gasteiger partial charge in [-0.25, -0.2) is 4.98 Å². The van der Waals surface area contributed by atoms with Gasteiger partial charge in [0.05, 0.1) is 33.8 Å². The number of ether oxygens (including phenoxy) is 1. The summed E-state index contributed by atoms with van der Waals surface area (Å²) in [6.07, 6.45) is 3.82. The van der Waals surface area contributed by atoms with Gasteiger partial charge in [0.25, 0.3) is 0 Å². The van der Waals surface area contributed by atoms with Gasteiger partial charge in [-0.05, 0) is 84.9 Å². The summed E-state index contributed by atoms with van der Waals surface area (Å²) >= 11 is 0. The summed E-state index contributed by atoms with van der Waals surface area (Å²) in [6.45, 7) is 0. The fraction of sp³-hybridized carbons (Fsp3) is 0.0222. The van der Waals surface area contributed by atoms with Crippen LogP contribution in [0.2, 0.25) is 0 Å². The monoisotopic (exact) mass is 672 g/mol. The third kappa shape index (κ3) is 4.82. The summed E-state index contributed by atoms with van der Waals surface area (Å²) in [5, 5.41) is 7.06. The number of nitrogens with zero attached hydrogens (tertiary/aromatic N) is 6. The van der Waals surface area contributed by atoms with Crippen LogP contribution in [0.3, 0.4) is 0 Å². The number of para-hydroxylation sites is 5. The maximum atomic E-state index is 6.92. The van der Waals surface area contributed by atoms with E-state index in [0.717, 1.165) is 79.1 Å². The number of benzene rings is 6. The van der Waals surface area contributed by atoms with Crippen LogP contribution in [-0.4, -0.2) is 19.3 Å². The Balaban J connectivity index is 1.24. The number of hydrogen-bond donors (Lipinski definition) is 0. The fourth-order valence-electron chi connectivity index (χ4n) is 7.42. The third-order valence-corrected chi connectivity index (χ3v) is 9.70. The number of rotatable bonds is 6. The third-order valence-electron chi connectivity index (χ3n) is 9.70. The molecule has 0 saturated heterocycles. The Kier molecular flexibility index (Phi) is 6.89. The maximum Gasteiger partial charge on any atom is 0.175 e. The van der Waals surface area contributed by atoms with Crippen molar-refractivity contribution in [2.75, 3.05) is 9.80 Å². The predicted octanol–water partition coefficient (Wildman–Crippen LogP) is 11.6. The van der Waals surface area contributed by atoms with Crippen LogP contribution in [-0.2, 0) is 7.05 Å². The molecule has 52 heavy (non-hydrogen) atoms. The number of hydrogen-bond acceptors (Lipinski definition) is 5. The molecule has 0 atom stereocenters. The number of anilines is 6. The Hall–Kier alpha value is -7.12. The minimum atomic E-state index is 0.763. The van der Waals surface area contributed by atoms with E-state index in [1.54, 1.807) is 0 Å². The van der Waals surface area contributed by atoms with E-state index in [-0.39, 0.29) is 0 Å². The quantitative estimate of drug-likeness (QED) is 0.176. The molecule has 1 aliphatic heterocycles. The highest BCUT2D eigenvalue weighted by molar-refractivity contribution is 6.10. The van der Waals surface area contributed by atoms with Crippen molar-refractivity contribution in [3.05, 3.63) is 176 Å². The smallest absolute Gasteiger partial charge is 0.175 e. The summed E-state index contributed by atoms with van der Waals surface area (Å²) in [4.78, 5) is 9.36. The average molecular weight is 673 g/mol. The molecule has 7 nitrogen and oxygen atoms in total. The highest BCUT2D eigenvalue weighted by atomic mass is 16.5. The molecule has 4 heterocycles. The first kappa shape index (κ1) is 29.8. The Labute approximate surface area is 300 Å². The second-order valence-corrected chi connectivity index (χ2v) is 12.9. The van der Waals surface area contributed by atoms with Gasteiger partial charge in [0.1, 0.15) is 5.82 Å². The molecule has 0 N–H and O–H groups in total. The Morgan fingerprint density at radius 1 is 0.596 bits per heavy atom. The lowest BCUT2D eigenvalue weighted by atomic mass is 10.1. The van der Waals surface area contributed by atoms with Gasteiger partial charge in [-0.15, -0.1) is 0 Å². The van der Waals surface area contributed by atoms with Crippen LogP contribution in [0.5, 0.6) is 11.5 Å². The van der Waals surface area contributed by atoms with E-state index in [2.05, 4.69) is 142 Å². The molecule has 1 aliphatic rings. The zero-order valence-corrected chi connectivity index (χ0v) is 28.3. The summed E-state index contributed by atoms with van der Waals surface area (Å²) in [7, 11) is 1.94. The van der Waals surface area contributed by atoms with E-state index >= 15 is 0 Å². The fourth-order valence-corrected chi connectivity index (χ4v) is 7.42. The summed E-state index contributed by atoms with van der Waals surface area (Å²) < 4.78 is 11.0. The lowest BCUT2D eigenvalue weighted by molar-refractivity contribution is 0.478. The molecule has 9 aromatic rings. The van der Waals surface area contributed by atoms with Crippen LogP contribution < -0.4 is 14.5 Å². The molecule has 10 rings (SSSR count). The summed E-state index contributed by atoms with van der Waals surface area (Å²) in [5.74, 6) is 2.42. The van der Waals surface area contributed by atoms with Crippen LogP contribution in [0.1, 0.15) is 0 Å². The highest BCUT2D eigenvalue weighted by Gasteiger charge is 2.30. The van der Waals surface area contributed by atoms with Gasteiger partial charge >= 0.3 is 0 Å². The van der Waals surface area contributed by atoms with Crippen molar-refractivity contribution in [3.8, 4) is 28.6 Å². The van der Waals surface area contributed by atoms with Crippen molar-refractivity contribution in [2.45, 2.75) is 0 Å². The molecule has 0 radical (unpaired) electrons. The Morgan fingerprint density at radius 2 is 1.37 bits per heavy atom. The van der Waals surface area contributed by atoms with E-state index in [1.165, 1.54) is 5.39 Å². The number of aromatic nitrogens is 4. The highest BCUT2D eigenvalue weighted by Crippen LogP contribution is 2.55. The van der Waals surface area contributed by atoms with Crippen molar-refractivity contribution in [1.82, 2.24) is 19.3 Å². The van der Waals surface area contributed by atoms with Gasteiger partial charge in [-0.1, -0.05) is 78.9 Å². The van der Waals surface area contributed by atoms with Gasteiger partial charge < -0.3 is 14.5 Å². The molecule has 0 amide bonds. The molecule has 3 aromatic heterocycles. The largest absolute Gasteiger partial charge is 0.451 e. The second kappa shape index (κ2) is 12.0. The first-order valence-corrected chi connectivity index (χ1v) is 17.3. The molecule has 0 aliphatic carbocycles. The van der Waals surface area contributed by atoms with E-state index in [9.17, 15) is 0 Å². The second-order valence-electron chi connectivity index (χ2n) is 12.9. The molecule has 0 bridgehead atoms. The van der Waals surface area contributed by atoms with Gasteiger partial charge in [0.2, 0.25) is 0 Å². The summed E-state index contributed by atoms with van der Waals surface area (Å²) in [6, 6.07) is 56.9. The van der Waals surface area contributed by atoms with E-state index in [4.69, 9.17) is 14.8 Å². The number of aryl methyl sites for hydroxylation is 1. The number of pyridine rings is 1. The maximum absolute atomic E-state index is 6.92. The van der Waals surface area contributed by atoms with Crippen LogP contribution in [0.15, 0.2) is 176 Å². The molecule has 0 fully saturated rings. The van der Waals surface area contributed by atoms with Crippen molar-refractivity contribution < 1.29 is 4.74 Å². The first-order chi connectivity index (χ1) is 25.7. The standard InChI is InChI=1S/C45H32N6O/c1-48-28-26-37(47-48)31-13-11-16-33(29-31)49(34-24-25-36-35-17-5-6-18-38(35)51(42(36)30-34)44-23-9-10-27-46-44)40-20-12-21-41-45(40)52-43-22-8-7-19-39(43)50(41)32-14-3-2-4-15-32/h2-30H,1H3. The molecule has 248 valence electrons. The Morgan fingerprint density at radius 3 is 2.23 bits per heavy atom. The molecule has 0 saturated carbocycles. The zero-order valence-electron chi connectivity index (χ0n) is 28.3. The molecule has 6 aromatic carbocycles. The predicted molar refractivity (Wildman–Crippen MR) is 210 cm³/mol. The normalized spacial score (nSPS) is 12.1. The Bertz CT molecular complexity index is 2750. The van der Waals surface area contributed by atoms with E-state index in [0.29, 0.717) is 0 Å². The van der Waals surface area contributed by atoms with Crippen LogP contribution >= 0.6 is 0 Å². The lowest BCUT2D eigenvalue weighted by Crippen LogP contribution is -2.18. The lowest BCUT2D eigenvalue weighted by Gasteiger charge is -2.36. The van der Waals surface area contributed by atoms with Gasteiger partial charge in [-0.3, -0.25) is 9.25 Å². The SMILES string of the molecule is Cn1ccc(-c2cccc(N(c3ccc4c5ccccc5n(-c5ccccn5)c4c3)c3cccc4c3Oc3ccccc3N4c3ccccc3)c2)n1. The molecule has 7 heteroatoms. The topological polar surface area (TPSA) is 51.4 Å². The van der Waals surface area contributed by atoms with Gasteiger partial charge in [-0.2, -0.15) is 5.10 Å². The summed E-state index contributed by atoms with van der Waals surface area (Å²) in [5.41, 5.74) is 9.96. The van der Waals surface area contributed by atoms with Gasteiger partial charge in [0, 0.05) is 52.8 Å². The van der Waals surface area contributed by atoms with Crippen LogP contribution in [0.25, 0.3) is 38.9 Å². The molecular formula is C45H32N6O. The van der Waals surface area contributed by atoms with E-state index in [1.807, 2.05) is 60.5 Å². The van der Waals surface area contributed by atoms with Gasteiger partial charge in [0.15, 0.2) is 11.5 Å². The first-order valence-electron chi connectivity index (χ1n) is 17.3. The van der Waals surface area contributed by atoms with E-state index < -0.39 is 0 Å². The number of fused-ring (bicyclic) bond motifs is 5. The minimum absolute atomic E-state index is 0.763. The van der Waals surface area contributed by atoms with Crippen LogP contribution in [0.4, 0.5) is 34.1 Å². The van der Waals surface area contributed by atoms with Crippen molar-refractivity contribution in [3.63, 3.8) is 0 Å². The van der Waals surface area contributed by atoms with Crippen LogP contribution in [0, 0.1) is 0 Å².